The second kappa shape index (κ2) is 6.12. The van der Waals surface area contributed by atoms with Crippen LogP contribution < -0.4 is 5.73 Å². The van der Waals surface area contributed by atoms with Crippen molar-refractivity contribution in [1.29, 1.82) is 0 Å². The molecule has 2 unspecified atom stereocenters. The summed E-state index contributed by atoms with van der Waals surface area (Å²) in [6, 6.07) is 3.97. The van der Waals surface area contributed by atoms with Crippen LogP contribution >= 0.6 is 15.9 Å². The fourth-order valence-corrected chi connectivity index (χ4v) is 4.30. The zero-order valence-electron chi connectivity index (χ0n) is 11.9. The molecular weight excluding hydrogens is 316 g/mol. The van der Waals surface area contributed by atoms with Gasteiger partial charge >= 0.3 is 0 Å². The van der Waals surface area contributed by atoms with E-state index in [-0.39, 0.29) is 11.6 Å². The average Bonchev–Trinajstić information content (AvgIpc) is 2.48. The molecule has 3 rings (SSSR count). The summed E-state index contributed by atoms with van der Waals surface area (Å²) in [5.74, 6) is 0.480. The van der Waals surface area contributed by atoms with Gasteiger partial charge in [0.2, 0.25) is 0 Å². The van der Waals surface area contributed by atoms with E-state index in [2.05, 4.69) is 20.9 Å². The van der Waals surface area contributed by atoms with Gasteiger partial charge in [0.15, 0.2) is 0 Å². The maximum atomic E-state index is 6.51. The highest BCUT2D eigenvalue weighted by Crippen LogP contribution is 2.44. The predicted octanol–water partition coefficient (Wildman–Crippen LogP) is 3.97. The van der Waals surface area contributed by atoms with Gasteiger partial charge < -0.3 is 10.5 Å². The number of nitrogens with zero attached hydrogens (tertiary/aromatic N) is 1. The summed E-state index contributed by atoms with van der Waals surface area (Å²) in [6.45, 7) is 0.850. The SMILES string of the molecule is NC(c1ncccc1Br)C1CCOC2(CCCCC2)C1. The number of ether oxygens (including phenoxy) is 1. The van der Waals surface area contributed by atoms with Crippen LogP contribution in [0.5, 0.6) is 0 Å². The maximum absolute atomic E-state index is 6.51. The molecule has 0 bridgehead atoms. The average molecular weight is 339 g/mol. The molecule has 1 spiro atoms. The lowest BCUT2D eigenvalue weighted by molar-refractivity contribution is -0.120. The topological polar surface area (TPSA) is 48.1 Å². The van der Waals surface area contributed by atoms with E-state index in [1.165, 1.54) is 32.1 Å². The van der Waals surface area contributed by atoms with E-state index in [0.29, 0.717) is 5.92 Å². The molecule has 1 aliphatic heterocycles. The molecule has 2 aliphatic rings. The first-order valence-electron chi connectivity index (χ1n) is 7.70. The number of rotatable bonds is 2. The Balaban J connectivity index is 1.75. The summed E-state index contributed by atoms with van der Waals surface area (Å²) in [7, 11) is 0. The van der Waals surface area contributed by atoms with Gasteiger partial charge in [-0.05, 0) is 59.7 Å². The summed E-state index contributed by atoms with van der Waals surface area (Å²) in [5.41, 5.74) is 7.61. The van der Waals surface area contributed by atoms with Crippen LogP contribution in [0, 0.1) is 5.92 Å². The predicted molar refractivity (Wildman–Crippen MR) is 83.4 cm³/mol. The molecule has 2 heterocycles. The number of nitrogens with two attached hydrogens (primary N) is 1. The lowest BCUT2D eigenvalue weighted by Crippen LogP contribution is -2.44. The highest BCUT2D eigenvalue weighted by molar-refractivity contribution is 9.10. The van der Waals surface area contributed by atoms with Crippen LogP contribution in [-0.4, -0.2) is 17.2 Å². The van der Waals surface area contributed by atoms with Crippen molar-refractivity contribution in [3.05, 3.63) is 28.5 Å². The zero-order valence-corrected chi connectivity index (χ0v) is 13.4. The summed E-state index contributed by atoms with van der Waals surface area (Å²) in [4.78, 5) is 4.47. The van der Waals surface area contributed by atoms with E-state index in [1.54, 1.807) is 0 Å². The summed E-state index contributed by atoms with van der Waals surface area (Å²) in [5, 5.41) is 0. The number of halogens is 1. The molecule has 0 aromatic carbocycles. The van der Waals surface area contributed by atoms with Gasteiger partial charge in [-0.15, -0.1) is 0 Å². The number of aromatic nitrogens is 1. The Morgan fingerprint density at radius 1 is 1.35 bits per heavy atom. The van der Waals surface area contributed by atoms with Crippen LogP contribution in [-0.2, 0) is 4.74 Å². The van der Waals surface area contributed by atoms with Crippen LogP contribution in [0.4, 0.5) is 0 Å². The van der Waals surface area contributed by atoms with Gasteiger partial charge in [0, 0.05) is 17.3 Å². The van der Waals surface area contributed by atoms with Crippen molar-refractivity contribution in [1.82, 2.24) is 4.98 Å². The van der Waals surface area contributed by atoms with Crippen LogP contribution in [0.2, 0.25) is 0 Å². The first kappa shape index (κ1) is 14.5. The molecule has 4 heteroatoms. The molecule has 3 nitrogen and oxygen atoms in total. The molecule has 1 saturated heterocycles. The van der Waals surface area contributed by atoms with E-state index >= 15 is 0 Å². The summed E-state index contributed by atoms with van der Waals surface area (Å²) >= 11 is 3.58. The second-order valence-corrected chi connectivity index (χ2v) is 7.10. The molecule has 110 valence electrons. The third-order valence-electron chi connectivity index (χ3n) is 4.91. The van der Waals surface area contributed by atoms with Gasteiger partial charge in [0.05, 0.1) is 17.3 Å². The molecule has 1 aromatic rings. The van der Waals surface area contributed by atoms with Gasteiger partial charge in [-0.25, -0.2) is 0 Å². The first-order chi connectivity index (χ1) is 9.70. The van der Waals surface area contributed by atoms with E-state index < -0.39 is 0 Å². The molecule has 1 aromatic heterocycles. The molecule has 0 radical (unpaired) electrons. The van der Waals surface area contributed by atoms with Crippen LogP contribution in [0.15, 0.2) is 22.8 Å². The van der Waals surface area contributed by atoms with Gasteiger partial charge in [0.25, 0.3) is 0 Å². The minimum absolute atomic E-state index is 0.00766. The number of hydrogen-bond acceptors (Lipinski definition) is 3. The normalized spacial score (nSPS) is 27.4. The molecule has 2 atom stereocenters. The standard InChI is InChI=1S/C16H23BrN2O/c17-13-5-4-9-19-15(13)14(18)12-6-10-20-16(11-12)7-2-1-3-8-16/h4-5,9,12,14H,1-3,6-8,10-11,18H2. The molecule has 1 saturated carbocycles. The van der Waals surface area contributed by atoms with Crippen LogP contribution in [0.25, 0.3) is 0 Å². The second-order valence-electron chi connectivity index (χ2n) is 6.24. The monoisotopic (exact) mass is 338 g/mol. The fourth-order valence-electron chi connectivity index (χ4n) is 3.78. The molecule has 20 heavy (non-hydrogen) atoms. The van der Waals surface area contributed by atoms with E-state index in [9.17, 15) is 0 Å². The Morgan fingerprint density at radius 2 is 2.15 bits per heavy atom. The Bertz CT molecular complexity index is 454. The van der Waals surface area contributed by atoms with Crippen molar-refractivity contribution in [2.24, 2.45) is 11.7 Å². The molecule has 2 fully saturated rings. The third-order valence-corrected chi connectivity index (χ3v) is 5.58. The molecule has 0 amide bonds. The van der Waals surface area contributed by atoms with Gasteiger partial charge in [-0.1, -0.05) is 19.3 Å². The summed E-state index contributed by atoms with van der Waals surface area (Å²) < 4.78 is 7.19. The largest absolute Gasteiger partial charge is 0.375 e. The highest BCUT2D eigenvalue weighted by atomic mass is 79.9. The minimum atomic E-state index is 0.00766. The van der Waals surface area contributed by atoms with Crippen molar-refractivity contribution >= 4 is 15.9 Å². The fraction of sp³-hybridized carbons (Fsp3) is 0.688. The quantitative estimate of drug-likeness (QED) is 0.887. The lowest BCUT2D eigenvalue weighted by Gasteiger charge is -2.45. The van der Waals surface area contributed by atoms with Crippen molar-refractivity contribution < 1.29 is 4.74 Å². The van der Waals surface area contributed by atoms with Crippen LogP contribution in [0.3, 0.4) is 0 Å². The molecular formula is C16H23BrN2O. The highest BCUT2D eigenvalue weighted by Gasteiger charge is 2.40. The molecule has 1 aliphatic carbocycles. The minimum Gasteiger partial charge on any atom is -0.375 e. The number of pyridine rings is 1. The van der Waals surface area contributed by atoms with Gasteiger partial charge in [0.1, 0.15) is 0 Å². The van der Waals surface area contributed by atoms with E-state index in [4.69, 9.17) is 10.5 Å². The van der Waals surface area contributed by atoms with E-state index in [1.807, 2.05) is 18.3 Å². The number of hydrogen-bond donors (Lipinski definition) is 1. The zero-order chi connectivity index (χ0) is 14.0. The van der Waals surface area contributed by atoms with Crippen molar-refractivity contribution in [2.45, 2.75) is 56.6 Å². The van der Waals surface area contributed by atoms with Crippen molar-refractivity contribution in [3.63, 3.8) is 0 Å². The maximum Gasteiger partial charge on any atom is 0.0715 e. The Morgan fingerprint density at radius 3 is 2.90 bits per heavy atom. The van der Waals surface area contributed by atoms with Crippen molar-refractivity contribution in [2.75, 3.05) is 6.61 Å². The third kappa shape index (κ3) is 2.92. The van der Waals surface area contributed by atoms with Crippen LogP contribution in [0.1, 0.15) is 56.7 Å². The van der Waals surface area contributed by atoms with Crippen molar-refractivity contribution in [3.8, 4) is 0 Å². The van der Waals surface area contributed by atoms with Gasteiger partial charge in [-0.2, -0.15) is 0 Å². The molecule has 2 N–H and O–H groups in total. The smallest absolute Gasteiger partial charge is 0.0715 e. The Kier molecular flexibility index (Phi) is 4.43. The first-order valence-corrected chi connectivity index (χ1v) is 8.49. The Labute approximate surface area is 129 Å². The Hall–Kier alpha value is -0.450. The van der Waals surface area contributed by atoms with E-state index in [0.717, 1.165) is 29.6 Å². The lowest BCUT2D eigenvalue weighted by atomic mass is 9.74. The van der Waals surface area contributed by atoms with Gasteiger partial charge in [-0.3, -0.25) is 4.98 Å². The summed E-state index contributed by atoms with van der Waals surface area (Å²) in [6.07, 6.45) is 10.3.